The number of hydrogen-bond acceptors (Lipinski definition) is 4. The van der Waals surface area contributed by atoms with Crippen LogP contribution in [0.25, 0.3) is 0 Å². The fourth-order valence-electron chi connectivity index (χ4n) is 2.94. The van der Waals surface area contributed by atoms with E-state index in [9.17, 15) is 22.8 Å². The van der Waals surface area contributed by atoms with E-state index in [1.54, 1.807) is 48.5 Å². The predicted octanol–water partition coefficient (Wildman–Crippen LogP) is 5.67. The molecule has 2 amide bonds. The van der Waals surface area contributed by atoms with Gasteiger partial charge in [-0.1, -0.05) is 23.7 Å². The van der Waals surface area contributed by atoms with E-state index in [4.69, 9.17) is 16.3 Å². The molecule has 3 aromatic rings. The summed E-state index contributed by atoms with van der Waals surface area (Å²) in [5.41, 5.74) is -0.336. The Morgan fingerprint density at radius 3 is 2.30 bits per heavy atom. The summed E-state index contributed by atoms with van der Waals surface area (Å²) in [5, 5.41) is 7.64. The predicted molar refractivity (Wildman–Crippen MR) is 121 cm³/mol. The van der Waals surface area contributed by atoms with Gasteiger partial charge in [0.05, 0.1) is 30.5 Å². The fourth-order valence-corrected chi connectivity index (χ4v) is 3.11. The summed E-state index contributed by atoms with van der Waals surface area (Å²) in [5.74, 6) is -0.524. The molecule has 3 N–H and O–H groups in total. The van der Waals surface area contributed by atoms with Crippen molar-refractivity contribution in [3.05, 3.63) is 82.9 Å². The number of hydrogen-bond donors (Lipinski definition) is 3. The number of anilines is 3. The van der Waals surface area contributed by atoms with Gasteiger partial charge in [0.25, 0.3) is 5.91 Å². The van der Waals surface area contributed by atoms with E-state index in [0.717, 1.165) is 12.1 Å². The molecule has 0 radical (unpaired) electrons. The molecule has 33 heavy (non-hydrogen) atoms. The molecule has 6 nitrogen and oxygen atoms in total. The quantitative estimate of drug-likeness (QED) is 0.409. The zero-order chi connectivity index (χ0) is 24.0. The first kappa shape index (κ1) is 23.9. The van der Waals surface area contributed by atoms with Crippen molar-refractivity contribution in [3.63, 3.8) is 0 Å². The van der Waals surface area contributed by atoms with Crippen LogP contribution in [0.1, 0.15) is 15.9 Å². The first-order chi connectivity index (χ1) is 15.7. The number of methoxy groups -OCH3 is 1. The Labute approximate surface area is 192 Å². The van der Waals surface area contributed by atoms with Crippen LogP contribution in [0.2, 0.25) is 5.02 Å². The van der Waals surface area contributed by atoms with Gasteiger partial charge in [-0.25, -0.2) is 0 Å². The maximum atomic E-state index is 13.2. The van der Waals surface area contributed by atoms with Crippen LogP contribution in [0.15, 0.2) is 66.7 Å². The largest absolute Gasteiger partial charge is 0.497 e. The summed E-state index contributed by atoms with van der Waals surface area (Å²) in [7, 11) is 1.53. The van der Waals surface area contributed by atoms with E-state index in [0.29, 0.717) is 17.1 Å². The number of nitrogens with one attached hydrogen (secondary N) is 3. The minimum atomic E-state index is -4.69. The zero-order valence-corrected chi connectivity index (χ0v) is 18.1. The molecule has 0 unspecified atom stereocenters. The third-order valence-corrected chi connectivity index (χ3v) is 4.76. The highest BCUT2D eigenvalue weighted by molar-refractivity contribution is 6.30. The molecule has 0 aliphatic rings. The van der Waals surface area contributed by atoms with E-state index in [1.807, 2.05) is 0 Å². The summed E-state index contributed by atoms with van der Waals surface area (Å²) in [6.07, 6.45) is -4.69. The molecule has 3 rings (SSSR count). The molecule has 0 aliphatic heterocycles. The van der Waals surface area contributed by atoms with Crippen LogP contribution in [-0.4, -0.2) is 25.5 Å². The summed E-state index contributed by atoms with van der Waals surface area (Å²) in [6, 6.07) is 16.2. The van der Waals surface area contributed by atoms with Gasteiger partial charge in [-0.3, -0.25) is 9.59 Å². The third-order valence-electron chi connectivity index (χ3n) is 4.52. The molecule has 0 atom stereocenters. The standard InChI is InChI=1S/C23H19ClF3N3O3/c1-33-16-9-7-15(8-10-16)29-22(32)17-4-2-3-5-19(17)28-13-21(31)30-20-11-6-14(24)12-18(20)23(25,26)27/h2-12,28H,13H2,1H3,(H,29,32)(H,30,31). The number of alkyl halides is 3. The van der Waals surface area contributed by atoms with Crippen molar-refractivity contribution in [2.24, 2.45) is 0 Å². The highest BCUT2D eigenvalue weighted by Gasteiger charge is 2.34. The van der Waals surface area contributed by atoms with Gasteiger partial charge in [0, 0.05) is 16.4 Å². The third kappa shape index (κ3) is 6.39. The van der Waals surface area contributed by atoms with Crippen molar-refractivity contribution in [1.82, 2.24) is 0 Å². The van der Waals surface area contributed by atoms with Crippen molar-refractivity contribution < 1.29 is 27.5 Å². The van der Waals surface area contributed by atoms with Crippen molar-refractivity contribution in [2.75, 3.05) is 29.6 Å². The Bertz CT molecular complexity index is 1150. The van der Waals surface area contributed by atoms with E-state index in [1.165, 1.54) is 13.2 Å². The Morgan fingerprint density at radius 1 is 0.939 bits per heavy atom. The van der Waals surface area contributed by atoms with Crippen LogP contribution in [0, 0.1) is 0 Å². The lowest BCUT2D eigenvalue weighted by molar-refractivity contribution is -0.137. The maximum absolute atomic E-state index is 13.2. The van der Waals surface area contributed by atoms with Crippen molar-refractivity contribution in [2.45, 2.75) is 6.18 Å². The number of ether oxygens (including phenoxy) is 1. The van der Waals surface area contributed by atoms with Crippen LogP contribution >= 0.6 is 11.6 Å². The summed E-state index contributed by atoms with van der Waals surface area (Å²) in [6.45, 7) is -0.368. The Morgan fingerprint density at radius 2 is 1.64 bits per heavy atom. The molecule has 0 bridgehead atoms. The average molecular weight is 478 g/mol. The highest BCUT2D eigenvalue weighted by atomic mass is 35.5. The molecule has 172 valence electrons. The molecule has 0 fully saturated rings. The first-order valence-corrected chi connectivity index (χ1v) is 10.00. The van der Waals surface area contributed by atoms with Gasteiger partial charge in [0.1, 0.15) is 5.75 Å². The smallest absolute Gasteiger partial charge is 0.418 e. The Balaban J connectivity index is 1.68. The maximum Gasteiger partial charge on any atom is 0.418 e. The van der Waals surface area contributed by atoms with Crippen molar-refractivity contribution in [1.29, 1.82) is 0 Å². The Hall–Kier alpha value is -3.72. The topological polar surface area (TPSA) is 79.5 Å². The summed E-state index contributed by atoms with van der Waals surface area (Å²) < 4.78 is 44.7. The molecule has 0 saturated heterocycles. The van der Waals surface area contributed by atoms with Gasteiger partial charge in [0.15, 0.2) is 0 Å². The number of amides is 2. The second kappa shape index (κ2) is 10.3. The molecule has 0 heterocycles. The molecule has 0 aliphatic carbocycles. The fraction of sp³-hybridized carbons (Fsp3) is 0.130. The van der Waals surface area contributed by atoms with Crippen LogP contribution in [0.5, 0.6) is 5.75 Å². The SMILES string of the molecule is COc1ccc(NC(=O)c2ccccc2NCC(=O)Nc2ccc(Cl)cc2C(F)(F)F)cc1. The minimum Gasteiger partial charge on any atom is -0.497 e. The lowest BCUT2D eigenvalue weighted by atomic mass is 10.1. The lowest BCUT2D eigenvalue weighted by Crippen LogP contribution is -2.24. The second-order valence-corrected chi connectivity index (χ2v) is 7.25. The monoisotopic (exact) mass is 477 g/mol. The van der Waals surface area contributed by atoms with Crippen molar-refractivity contribution in [3.8, 4) is 5.75 Å². The zero-order valence-electron chi connectivity index (χ0n) is 17.3. The highest BCUT2D eigenvalue weighted by Crippen LogP contribution is 2.36. The van der Waals surface area contributed by atoms with Crippen LogP contribution < -0.4 is 20.7 Å². The first-order valence-electron chi connectivity index (χ1n) is 9.62. The van der Waals surface area contributed by atoms with E-state index in [2.05, 4.69) is 16.0 Å². The Kier molecular flexibility index (Phi) is 7.44. The van der Waals surface area contributed by atoms with Gasteiger partial charge in [-0.05, 0) is 54.6 Å². The summed E-state index contributed by atoms with van der Waals surface area (Å²) >= 11 is 5.65. The van der Waals surface area contributed by atoms with Crippen LogP contribution in [0.3, 0.4) is 0 Å². The van der Waals surface area contributed by atoms with E-state index < -0.39 is 29.2 Å². The van der Waals surface area contributed by atoms with Crippen LogP contribution in [-0.2, 0) is 11.0 Å². The van der Waals surface area contributed by atoms with Gasteiger partial charge in [-0.15, -0.1) is 0 Å². The summed E-state index contributed by atoms with van der Waals surface area (Å²) in [4.78, 5) is 25.0. The van der Waals surface area contributed by atoms with Gasteiger partial charge < -0.3 is 20.7 Å². The number of carbonyl (C=O) groups is 2. The van der Waals surface area contributed by atoms with E-state index >= 15 is 0 Å². The van der Waals surface area contributed by atoms with E-state index in [-0.39, 0.29) is 17.1 Å². The van der Waals surface area contributed by atoms with Crippen molar-refractivity contribution >= 4 is 40.5 Å². The van der Waals surface area contributed by atoms with Gasteiger partial charge in [-0.2, -0.15) is 13.2 Å². The minimum absolute atomic E-state index is 0.102. The molecule has 3 aromatic carbocycles. The number of benzene rings is 3. The normalized spacial score (nSPS) is 10.9. The molecule has 0 aromatic heterocycles. The lowest BCUT2D eigenvalue weighted by Gasteiger charge is -2.15. The van der Waals surface area contributed by atoms with Crippen LogP contribution in [0.4, 0.5) is 30.2 Å². The molecule has 10 heteroatoms. The number of para-hydroxylation sites is 1. The molecular weight excluding hydrogens is 459 g/mol. The number of carbonyl (C=O) groups excluding carboxylic acids is 2. The molecule has 0 spiro atoms. The van der Waals surface area contributed by atoms with Gasteiger partial charge >= 0.3 is 6.18 Å². The molecule has 0 saturated carbocycles. The number of rotatable bonds is 7. The number of halogens is 4. The van der Waals surface area contributed by atoms with Gasteiger partial charge in [0.2, 0.25) is 5.91 Å². The molecular formula is C23H19ClF3N3O3. The second-order valence-electron chi connectivity index (χ2n) is 6.82. The average Bonchev–Trinajstić information content (AvgIpc) is 2.79.